The molecule has 4 nitrogen and oxygen atoms in total. The zero-order valence-corrected chi connectivity index (χ0v) is 29.1. The van der Waals surface area contributed by atoms with Crippen molar-refractivity contribution in [3.8, 4) is 0 Å². The summed E-state index contributed by atoms with van der Waals surface area (Å²) in [5.41, 5.74) is 2.57. The molecule has 6 heteroatoms. The third-order valence-electron chi connectivity index (χ3n) is 14.4. The smallest absolute Gasteiger partial charge is 0.302 e. The number of fused-ring (bicyclic) bond motifs is 7. The number of esters is 1. The molecule has 5 aliphatic carbocycles. The zero-order valence-electron chi connectivity index (χ0n) is 27.5. The van der Waals surface area contributed by atoms with Crippen LogP contribution >= 0.6 is 23.5 Å². The summed E-state index contributed by atoms with van der Waals surface area (Å²) in [6.45, 7) is 18.5. The number of carbonyl (C=O) groups excluding carboxylic acids is 2. The van der Waals surface area contributed by atoms with Gasteiger partial charge in [-0.05, 0) is 115 Å². The van der Waals surface area contributed by atoms with Crippen molar-refractivity contribution in [2.24, 2.45) is 50.7 Å². The number of Topliss-reactive ketones (excluding diaryl/α,β-unsaturated/α-hetero) is 1. The summed E-state index contributed by atoms with van der Waals surface area (Å²) in [5.74, 6) is 4.12. The standard InChI is InChI=1S/C36H56O4S2/c1-21(2)28-24(38)20-36(30(39)31-41-18-9-19-42-31)17-16-34(7)23(29(28)36)10-11-26-33(6)14-13-27(40-22(3)37)32(4,5)25(33)12-15-35(26,34)8/h21,23,25-27,30-31,39H,9-20H2,1-8H3/t23-,25+,26-,27+,30?,33+,34-,35-,36-/m1/s1. The van der Waals surface area contributed by atoms with E-state index < -0.39 is 6.10 Å². The van der Waals surface area contributed by atoms with Crippen molar-refractivity contribution in [3.05, 3.63) is 11.1 Å². The first-order valence-electron chi connectivity index (χ1n) is 17.0. The zero-order chi connectivity index (χ0) is 30.5. The summed E-state index contributed by atoms with van der Waals surface area (Å²) in [6.07, 6.45) is 10.1. The highest BCUT2D eigenvalue weighted by Crippen LogP contribution is 2.77. The monoisotopic (exact) mass is 616 g/mol. The van der Waals surface area contributed by atoms with E-state index in [2.05, 4.69) is 48.5 Å². The van der Waals surface area contributed by atoms with Gasteiger partial charge >= 0.3 is 5.97 Å². The molecule has 42 heavy (non-hydrogen) atoms. The van der Waals surface area contributed by atoms with Gasteiger partial charge in [-0.25, -0.2) is 0 Å². The highest BCUT2D eigenvalue weighted by molar-refractivity contribution is 8.17. The number of allylic oxidation sites excluding steroid dienone is 1. The molecular formula is C36H56O4S2. The maximum absolute atomic E-state index is 13.9. The van der Waals surface area contributed by atoms with Gasteiger partial charge in [0.05, 0.1) is 10.7 Å². The van der Waals surface area contributed by atoms with E-state index in [4.69, 9.17) is 4.74 Å². The summed E-state index contributed by atoms with van der Waals surface area (Å²) in [7, 11) is 0. The fraction of sp³-hybridized carbons (Fsp3) is 0.889. The van der Waals surface area contributed by atoms with Crippen molar-refractivity contribution < 1.29 is 19.4 Å². The van der Waals surface area contributed by atoms with Crippen LogP contribution in [-0.2, 0) is 14.3 Å². The van der Waals surface area contributed by atoms with E-state index in [9.17, 15) is 14.7 Å². The topological polar surface area (TPSA) is 63.6 Å². The lowest BCUT2D eigenvalue weighted by Gasteiger charge is -2.72. The summed E-state index contributed by atoms with van der Waals surface area (Å²) < 4.78 is 6.11. The molecule has 0 amide bonds. The molecule has 0 aromatic rings. The van der Waals surface area contributed by atoms with Crippen molar-refractivity contribution >= 4 is 35.3 Å². The van der Waals surface area contributed by atoms with Crippen LogP contribution in [0.4, 0.5) is 0 Å². The molecule has 0 aromatic heterocycles. The Morgan fingerprint density at radius 1 is 0.905 bits per heavy atom. The van der Waals surface area contributed by atoms with Crippen LogP contribution < -0.4 is 0 Å². The molecule has 1 N–H and O–H groups in total. The largest absolute Gasteiger partial charge is 0.462 e. The maximum atomic E-state index is 13.9. The molecule has 9 atom stereocenters. The van der Waals surface area contributed by atoms with Gasteiger partial charge in [-0.2, -0.15) is 0 Å². The van der Waals surface area contributed by atoms with E-state index in [1.807, 2.05) is 23.5 Å². The summed E-state index contributed by atoms with van der Waals surface area (Å²) in [5, 5.41) is 12.2. The predicted molar refractivity (Wildman–Crippen MR) is 174 cm³/mol. The highest BCUT2D eigenvalue weighted by Gasteiger charge is 2.71. The van der Waals surface area contributed by atoms with Crippen LogP contribution in [0.15, 0.2) is 11.1 Å². The number of carbonyl (C=O) groups is 2. The van der Waals surface area contributed by atoms with Crippen molar-refractivity contribution in [2.75, 3.05) is 11.5 Å². The van der Waals surface area contributed by atoms with Crippen LogP contribution in [0.25, 0.3) is 0 Å². The van der Waals surface area contributed by atoms with Gasteiger partial charge in [-0.15, -0.1) is 23.5 Å². The van der Waals surface area contributed by atoms with Gasteiger partial charge in [0.25, 0.3) is 0 Å². The van der Waals surface area contributed by atoms with Crippen LogP contribution in [-0.4, -0.2) is 45.2 Å². The van der Waals surface area contributed by atoms with Crippen molar-refractivity contribution in [1.82, 2.24) is 0 Å². The second-order valence-electron chi connectivity index (χ2n) is 16.7. The second-order valence-corrected chi connectivity index (χ2v) is 19.5. The first-order valence-corrected chi connectivity index (χ1v) is 19.1. The minimum Gasteiger partial charge on any atom is -0.462 e. The first kappa shape index (κ1) is 31.5. The number of hydrogen-bond acceptors (Lipinski definition) is 6. The quantitative estimate of drug-likeness (QED) is 0.320. The van der Waals surface area contributed by atoms with Crippen molar-refractivity contribution in [3.63, 3.8) is 0 Å². The number of aliphatic hydroxyl groups excluding tert-OH is 1. The van der Waals surface area contributed by atoms with Gasteiger partial charge < -0.3 is 9.84 Å². The Bertz CT molecular complexity index is 1160. The number of aliphatic hydroxyl groups is 1. The third kappa shape index (κ3) is 4.25. The molecule has 6 rings (SSSR count). The molecule has 1 aliphatic heterocycles. The number of thioether (sulfide) groups is 2. The van der Waals surface area contributed by atoms with Gasteiger partial charge in [-0.1, -0.05) is 54.0 Å². The predicted octanol–water partition coefficient (Wildman–Crippen LogP) is 8.46. The van der Waals surface area contributed by atoms with Crippen LogP contribution in [0.5, 0.6) is 0 Å². The van der Waals surface area contributed by atoms with Crippen molar-refractivity contribution in [2.45, 2.75) is 136 Å². The molecule has 0 bridgehead atoms. The minimum absolute atomic E-state index is 0.0000693. The van der Waals surface area contributed by atoms with E-state index >= 15 is 0 Å². The Hall–Kier alpha value is -0.460. The number of rotatable bonds is 4. The van der Waals surface area contributed by atoms with E-state index in [0.717, 1.165) is 49.2 Å². The van der Waals surface area contributed by atoms with E-state index in [1.165, 1.54) is 31.3 Å². The van der Waals surface area contributed by atoms with Gasteiger partial charge in [-0.3, -0.25) is 9.59 Å². The Kier molecular flexibility index (Phi) is 7.91. The fourth-order valence-corrected chi connectivity index (χ4v) is 15.5. The summed E-state index contributed by atoms with van der Waals surface area (Å²) in [6, 6.07) is 0. The molecular weight excluding hydrogens is 561 g/mol. The average Bonchev–Trinajstić information content (AvgIpc) is 3.24. The average molecular weight is 617 g/mol. The molecule has 1 saturated heterocycles. The molecule has 0 radical (unpaired) electrons. The molecule has 236 valence electrons. The van der Waals surface area contributed by atoms with E-state index in [1.54, 1.807) is 6.92 Å². The summed E-state index contributed by atoms with van der Waals surface area (Å²) in [4.78, 5) is 25.9. The number of hydrogen-bond donors (Lipinski definition) is 1. The van der Waals surface area contributed by atoms with Crippen molar-refractivity contribution in [1.29, 1.82) is 0 Å². The molecule has 4 saturated carbocycles. The van der Waals surface area contributed by atoms with Gasteiger partial charge in [0.2, 0.25) is 0 Å². The van der Waals surface area contributed by atoms with Gasteiger partial charge in [0.1, 0.15) is 6.10 Å². The highest BCUT2D eigenvalue weighted by atomic mass is 32.2. The Morgan fingerprint density at radius 2 is 1.60 bits per heavy atom. The van der Waals surface area contributed by atoms with Gasteiger partial charge in [0.15, 0.2) is 5.78 Å². The molecule has 0 spiro atoms. The molecule has 6 aliphatic rings. The van der Waals surface area contributed by atoms with E-state index in [-0.39, 0.29) is 49.6 Å². The normalized spacial score (nSPS) is 46.0. The van der Waals surface area contributed by atoms with Crippen LogP contribution in [0, 0.1) is 50.7 Å². The third-order valence-corrected chi connectivity index (χ3v) is 17.4. The van der Waals surface area contributed by atoms with Gasteiger partial charge in [0, 0.05) is 24.2 Å². The lowest BCUT2D eigenvalue weighted by atomic mass is 9.33. The minimum atomic E-state index is -0.455. The molecule has 1 heterocycles. The van der Waals surface area contributed by atoms with E-state index in [0.29, 0.717) is 30.0 Å². The maximum Gasteiger partial charge on any atom is 0.302 e. The Labute approximate surface area is 263 Å². The number of ketones is 1. The Balaban J connectivity index is 1.39. The second kappa shape index (κ2) is 10.5. The lowest BCUT2D eigenvalue weighted by Crippen LogP contribution is -2.66. The SMILES string of the molecule is CC(=O)O[C@H]1CC[C@]2(C)[C@H]3CC[C@@H]4C5=C(C(C)C)C(=O)C[C@]5(C(O)C5SCCCS5)CC[C@@]4(C)[C@]3(C)CC[C@H]2C1(C)C. The fourth-order valence-electron chi connectivity index (χ4n) is 12.4. The number of ether oxygens (including phenoxy) is 1. The molecule has 5 fully saturated rings. The van der Waals surface area contributed by atoms with Crippen LogP contribution in [0.3, 0.4) is 0 Å². The van der Waals surface area contributed by atoms with Crippen LogP contribution in [0.2, 0.25) is 0 Å². The Morgan fingerprint density at radius 3 is 2.24 bits per heavy atom. The lowest BCUT2D eigenvalue weighted by molar-refractivity contribution is -0.234. The molecule has 0 aromatic carbocycles. The first-order chi connectivity index (χ1) is 19.6. The molecule has 1 unspecified atom stereocenters. The van der Waals surface area contributed by atoms with Crippen LogP contribution in [0.1, 0.15) is 120 Å². The summed E-state index contributed by atoms with van der Waals surface area (Å²) >= 11 is 3.86.